The molecule has 2 rings (SSSR count). The number of nitrogens with zero attached hydrogens (tertiary/aromatic N) is 1. The topological polar surface area (TPSA) is 46.3 Å². The first-order valence-corrected chi connectivity index (χ1v) is 6.82. The zero-order chi connectivity index (χ0) is 12.8. The summed E-state index contributed by atoms with van der Waals surface area (Å²) in [4.78, 5) is 13.2. The Morgan fingerprint density at radius 1 is 1.11 bits per heavy atom. The first-order valence-electron chi connectivity index (χ1n) is 6.82. The molecule has 0 bridgehead atoms. The van der Waals surface area contributed by atoms with Crippen molar-refractivity contribution in [1.82, 2.24) is 4.90 Å². The maximum Gasteiger partial charge on any atom is 0.210 e. The summed E-state index contributed by atoms with van der Waals surface area (Å²) in [5.74, 6) is 0. The Balaban J connectivity index is 1.97. The van der Waals surface area contributed by atoms with Gasteiger partial charge in [0.2, 0.25) is 6.41 Å². The predicted molar refractivity (Wildman–Crippen MR) is 72.8 cm³/mol. The molecule has 98 valence electrons. The van der Waals surface area contributed by atoms with Crippen LogP contribution in [0.4, 0.5) is 0 Å². The van der Waals surface area contributed by atoms with Crippen LogP contribution in [0.1, 0.15) is 43.2 Å². The third kappa shape index (κ3) is 3.33. The molecule has 0 radical (unpaired) electrons. The van der Waals surface area contributed by atoms with Gasteiger partial charge in [-0.2, -0.15) is 0 Å². The van der Waals surface area contributed by atoms with Crippen molar-refractivity contribution in [3.63, 3.8) is 0 Å². The maximum absolute atomic E-state index is 11.2. The van der Waals surface area contributed by atoms with Gasteiger partial charge >= 0.3 is 0 Å². The fraction of sp³-hybridized carbons (Fsp3) is 0.533. The molecular weight excluding hydrogens is 224 g/mol. The smallest absolute Gasteiger partial charge is 0.210 e. The van der Waals surface area contributed by atoms with Crippen molar-refractivity contribution in [1.29, 1.82) is 0 Å². The molecule has 1 aliphatic carbocycles. The van der Waals surface area contributed by atoms with Crippen molar-refractivity contribution in [3.05, 3.63) is 35.4 Å². The molecule has 3 heteroatoms. The maximum atomic E-state index is 11.2. The summed E-state index contributed by atoms with van der Waals surface area (Å²) in [5, 5.41) is 0. The van der Waals surface area contributed by atoms with Gasteiger partial charge in [0.05, 0.1) is 0 Å². The second-order valence-corrected chi connectivity index (χ2v) is 5.09. The van der Waals surface area contributed by atoms with Crippen LogP contribution in [-0.4, -0.2) is 17.4 Å². The molecule has 0 spiro atoms. The van der Waals surface area contributed by atoms with Crippen LogP contribution >= 0.6 is 0 Å². The molecule has 0 heterocycles. The predicted octanol–water partition coefficient (Wildman–Crippen LogP) is 2.44. The lowest BCUT2D eigenvalue weighted by Crippen LogP contribution is -2.35. The summed E-state index contributed by atoms with van der Waals surface area (Å²) in [6.45, 7) is 1.29. The average Bonchev–Trinajstić information content (AvgIpc) is 2.46. The van der Waals surface area contributed by atoms with E-state index in [1.807, 2.05) is 17.0 Å². The fourth-order valence-corrected chi connectivity index (χ4v) is 2.66. The van der Waals surface area contributed by atoms with Crippen LogP contribution < -0.4 is 5.73 Å². The normalized spacial score (nSPS) is 16.5. The second kappa shape index (κ2) is 6.55. The third-order valence-corrected chi connectivity index (χ3v) is 3.80. The lowest BCUT2D eigenvalue weighted by atomic mass is 9.94. The highest BCUT2D eigenvalue weighted by Crippen LogP contribution is 2.23. The summed E-state index contributed by atoms with van der Waals surface area (Å²) in [6, 6.07) is 8.66. The highest BCUT2D eigenvalue weighted by atomic mass is 16.1. The minimum Gasteiger partial charge on any atom is -0.338 e. The molecule has 1 fully saturated rings. The van der Waals surface area contributed by atoms with E-state index in [1.54, 1.807) is 0 Å². The largest absolute Gasteiger partial charge is 0.338 e. The van der Waals surface area contributed by atoms with Crippen LogP contribution in [0.25, 0.3) is 0 Å². The van der Waals surface area contributed by atoms with E-state index in [2.05, 4.69) is 12.1 Å². The van der Waals surface area contributed by atoms with E-state index < -0.39 is 0 Å². The van der Waals surface area contributed by atoms with E-state index in [0.29, 0.717) is 12.6 Å². The SMILES string of the molecule is NCc1ccc(CN(C=O)C2CCCCC2)cc1. The van der Waals surface area contributed by atoms with Gasteiger partial charge in [-0.1, -0.05) is 43.5 Å². The van der Waals surface area contributed by atoms with Crippen molar-refractivity contribution in [2.45, 2.75) is 51.2 Å². The van der Waals surface area contributed by atoms with Gasteiger partial charge in [0.1, 0.15) is 0 Å². The van der Waals surface area contributed by atoms with Crippen LogP contribution in [-0.2, 0) is 17.9 Å². The van der Waals surface area contributed by atoms with Crippen LogP contribution in [0.5, 0.6) is 0 Å². The first kappa shape index (κ1) is 13.1. The first-order chi connectivity index (χ1) is 8.83. The lowest BCUT2D eigenvalue weighted by Gasteiger charge is -2.31. The summed E-state index contributed by atoms with van der Waals surface area (Å²) < 4.78 is 0. The van der Waals surface area contributed by atoms with Gasteiger partial charge in [0, 0.05) is 19.1 Å². The van der Waals surface area contributed by atoms with E-state index >= 15 is 0 Å². The Hall–Kier alpha value is -1.35. The highest BCUT2D eigenvalue weighted by Gasteiger charge is 2.19. The van der Waals surface area contributed by atoms with Crippen LogP contribution in [0, 0.1) is 0 Å². The third-order valence-electron chi connectivity index (χ3n) is 3.80. The monoisotopic (exact) mass is 246 g/mol. The van der Waals surface area contributed by atoms with Gasteiger partial charge in [0.15, 0.2) is 0 Å². The van der Waals surface area contributed by atoms with Gasteiger partial charge in [-0.05, 0) is 24.0 Å². The van der Waals surface area contributed by atoms with E-state index in [9.17, 15) is 4.79 Å². The lowest BCUT2D eigenvalue weighted by molar-refractivity contribution is -0.121. The molecule has 18 heavy (non-hydrogen) atoms. The molecule has 0 saturated heterocycles. The molecule has 1 aromatic carbocycles. The van der Waals surface area contributed by atoms with Gasteiger partial charge in [-0.3, -0.25) is 4.79 Å². The number of hydrogen-bond acceptors (Lipinski definition) is 2. The second-order valence-electron chi connectivity index (χ2n) is 5.09. The minimum absolute atomic E-state index is 0.436. The number of carbonyl (C=O) groups is 1. The highest BCUT2D eigenvalue weighted by molar-refractivity contribution is 5.48. The number of hydrogen-bond donors (Lipinski definition) is 1. The van der Waals surface area contributed by atoms with Crippen LogP contribution in [0.15, 0.2) is 24.3 Å². The molecular formula is C15H22N2O. The molecule has 0 aliphatic heterocycles. The van der Waals surface area contributed by atoms with Crippen molar-refractivity contribution < 1.29 is 4.79 Å². The Bertz CT molecular complexity index is 369. The molecule has 1 aliphatic rings. The molecule has 0 atom stereocenters. The van der Waals surface area contributed by atoms with Crippen LogP contribution in [0.3, 0.4) is 0 Å². The molecule has 0 aromatic heterocycles. The molecule has 1 saturated carbocycles. The molecule has 0 unspecified atom stereocenters. The quantitative estimate of drug-likeness (QED) is 0.811. The Morgan fingerprint density at radius 2 is 1.72 bits per heavy atom. The Labute approximate surface area is 109 Å². The van der Waals surface area contributed by atoms with Gasteiger partial charge in [0.25, 0.3) is 0 Å². The summed E-state index contributed by atoms with van der Waals surface area (Å²) in [7, 11) is 0. The number of rotatable bonds is 5. The minimum atomic E-state index is 0.436. The molecule has 3 nitrogen and oxygen atoms in total. The van der Waals surface area contributed by atoms with Gasteiger partial charge in [-0.15, -0.1) is 0 Å². The van der Waals surface area contributed by atoms with Crippen molar-refractivity contribution in [2.75, 3.05) is 0 Å². The van der Waals surface area contributed by atoms with Gasteiger partial charge in [-0.25, -0.2) is 0 Å². The van der Waals surface area contributed by atoms with Crippen molar-refractivity contribution >= 4 is 6.41 Å². The number of nitrogens with two attached hydrogens (primary N) is 1. The van der Waals surface area contributed by atoms with E-state index in [4.69, 9.17) is 5.73 Å². The standard InChI is InChI=1S/C15H22N2O/c16-10-13-6-8-14(9-7-13)11-17(12-18)15-4-2-1-3-5-15/h6-9,12,15H,1-5,10-11,16H2. The van der Waals surface area contributed by atoms with Crippen LogP contribution in [0.2, 0.25) is 0 Å². The fourth-order valence-electron chi connectivity index (χ4n) is 2.66. The number of amides is 1. The average molecular weight is 246 g/mol. The van der Waals surface area contributed by atoms with E-state index in [1.165, 1.54) is 24.8 Å². The zero-order valence-corrected chi connectivity index (χ0v) is 10.8. The number of carbonyl (C=O) groups excluding carboxylic acids is 1. The molecule has 1 amide bonds. The van der Waals surface area contributed by atoms with E-state index in [0.717, 1.165) is 31.4 Å². The van der Waals surface area contributed by atoms with Gasteiger partial charge < -0.3 is 10.6 Å². The van der Waals surface area contributed by atoms with Crippen molar-refractivity contribution in [2.24, 2.45) is 5.73 Å². The Kier molecular flexibility index (Phi) is 4.76. The Morgan fingerprint density at radius 3 is 2.28 bits per heavy atom. The zero-order valence-electron chi connectivity index (χ0n) is 10.8. The summed E-state index contributed by atoms with van der Waals surface area (Å²) in [5.41, 5.74) is 7.90. The number of benzene rings is 1. The molecule has 2 N–H and O–H groups in total. The summed E-state index contributed by atoms with van der Waals surface area (Å²) >= 11 is 0. The van der Waals surface area contributed by atoms with E-state index in [-0.39, 0.29) is 0 Å². The van der Waals surface area contributed by atoms with Crippen molar-refractivity contribution in [3.8, 4) is 0 Å². The molecule has 1 aromatic rings. The summed E-state index contributed by atoms with van der Waals surface area (Å²) in [6.07, 6.45) is 7.13.